The molecule has 1 aliphatic heterocycles. The number of hydrogen-bond donors (Lipinski definition) is 1. The third-order valence-electron chi connectivity index (χ3n) is 3.48. The molecule has 110 valence electrons. The molecular formula is C17H15N3OS. The van der Waals surface area contributed by atoms with Gasteiger partial charge in [0.05, 0.1) is 23.5 Å². The minimum Gasteiger partial charge on any atom is -0.360 e. The van der Waals surface area contributed by atoms with Crippen molar-refractivity contribution >= 4 is 29.0 Å². The van der Waals surface area contributed by atoms with E-state index in [0.29, 0.717) is 11.3 Å². The second-order valence-corrected chi connectivity index (χ2v) is 6.08. The average molecular weight is 309 g/mol. The number of benzene rings is 2. The number of amides is 1. The molecule has 1 heterocycles. The van der Waals surface area contributed by atoms with Crippen LogP contribution in [0, 0.1) is 11.3 Å². The fourth-order valence-electron chi connectivity index (χ4n) is 2.44. The molecule has 0 fully saturated rings. The number of nitriles is 1. The summed E-state index contributed by atoms with van der Waals surface area (Å²) in [5.74, 6) is 0.864. The summed E-state index contributed by atoms with van der Waals surface area (Å²) in [6.45, 7) is 1.13. The predicted octanol–water partition coefficient (Wildman–Crippen LogP) is 3.11. The summed E-state index contributed by atoms with van der Waals surface area (Å²) >= 11 is 1.81. The third-order valence-corrected chi connectivity index (χ3v) is 4.52. The van der Waals surface area contributed by atoms with Crippen LogP contribution in [-0.4, -0.2) is 24.7 Å². The van der Waals surface area contributed by atoms with Gasteiger partial charge in [0, 0.05) is 17.2 Å². The van der Waals surface area contributed by atoms with E-state index in [-0.39, 0.29) is 12.5 Å². The summed E-state index contributed by atoms with van der Waals surface area (Å²) in [4.78, 5) is 15.6. The monoisotopic (exact) mass is 309 g/mol. The number of carbonyl (C=O) groups excluding carboxylic acids is 1. The molecule has 0 bridgehead atoms. The Morgan fingerprint density at radius 3 is 2.86 bits per heavy atom. The van der Waals surface area contributed by atoms with Gasteiger partial charge in [-0.15, -0.1) is 11.8 Å². The van der Waals surface area contributed by atoms with E-state index in [9.17, 15) is 4.79 Å². The number of fused-ring (bicyclic) bond motifs is 1. The second-order valence-electron chi connectivity index (χ2n) is 4.94. The van der Waals surface area contributed by atoms with Crippen molar-refractivity contribution in [2.75, 3.05) is 29.1 Å². The van der Waals surface area contributed by atoms with Crippen LogP contribution in [0.15, 0.2) is 53.4 Å². The Balaban J connectivity index is 1.72. The van der Waals surface area contributed by atoms with Crippen LogP contribution in [-0.2, 0) is 4.79 Å². The summed E-state index contributed by atoms with van der Waals surface area (Å²) in [7, 11) is 0. The van der Waals surface area contributed by atoms with Gasteiger partial charge >= 0.3 is 0 Å². The minimum absolute atomic E-state index is 0.107. The predicted molar refractivity (Wildman–Crippen MR) is 89.2 cm³/mol. The van der Waals surface area contributed by atoms with Gasteiger partial charge in [-0.25, -0.2) is 0 Å². The minimum atomic E-state index is -0.107. The van der Waals surface area contributed by atoms with E-state index in [1.807, 2.05) is 36.0 Å². The van der Waals surface area contributed by atoms with E-state index in [1.165, 1.54) is 4.90 Å². The first kappa shape index (κ1) is 14.5. The first-order valence-corrected chi connectivity index (χ1v) is 8.02. The lowest BCUT2D eigenvalue weighted by molar-refractivity contribution is -0.115. The lowest BCUT2D eigenvalue weighted by atomic mass is 10.2. The highest BCUT2D eigenvalue weighted by Gasteiger charge is 2.19. The molecule has 2 aromatic rings. The number of nitrogens with zero attached hydrogens (tertiary/aromatic N) is 2. The van der Waals surface area contributed by atoms with Crippen molar-refractivity contribution in [2.24, 2.45) is 0 Å². The van der Waals surface area contributed by atoms with Crippen molar-refractivity contribution in [3.63, 3.8) is 0 Å². The van der Waals surface area contributed by atoms with Crippen LogP contribution >= 0.6 is 11.8 Å². The lowest BCUT2D eigenvalue weighted by Crippen LogP contribution is -2.36. The maximum atomic E-state index is 12.3. The molecule has 2 aromatic carbocycles. The highest BCUT2D eigenvalue weighted by Crippen LogP contribution is 2.34. The fourth-order valence-corrected chi connectivity index (χ4v) is 3.50. The van der Waals surface area contributed by atoms with E-state index in [0.717, 1.165) is 18.0 Å². The van der Waals surface area contributed by atoms with Gasteiger partial charge in [-0.3, -0.25) is 4.79 Å². The molecule has 0 radical (unpaired) electrons. The van der Waals surface area contributed by atoms with E-state index < -0.39 is 0 Å². The van der Waals surface area contributed by atoms with Gasteiger partial charge in [0.15, 0.2) is 0 Å². The molecule has 1 aliphatic rings. The van der Waals surface area contributed by atoms with Gasteiger partial charge in [-0.1, -0.05) is 24.3 Å². The van der Waals surface area contributed by atoms with Crippen molar-refractivity contribution in [3.8, 4) is 6.07 Å². The number of hydrogen-bond acceptors (Lipinski definition) is 4. The zero-order chi connectivity index (χ0) is 15.4. The van der Waals surface area contributed by atoms with Crippen LogP contribution in [0.3, 0.4) is 0 Å². The Labute approximate surface area is 133 Å². The zero-order valence-corrected chi connectivity index (χ0v) is 12.8. The largest absolute Gasteiger partial charge is 0.360 e. The lowest BCUT2D eigenvalue weighted by Gasteiger charge is -2.30. The van der Waals surface area contributed by atoms with E-state index in [2.05, 4.69) is 22.4 Å². The number of thioether (sulfide) groups is 1. The first-order valence-electron chi connectivity index (χ1n) is 7.03. The second kappa shape index (κ2) is 6.54. The van der Waals surface area contributed by atoms with Crippen LogP contribution in [0.4, 0.5) is 11.4 Å². The Hall–Kier alpha value is -2.45. The summed E-state index contributed by atoms with van der Waals surface area (Å²) < 4.78 is 0. The Morgan fingerprint density at radius 1 is 1.23 bits per heavy atom. The quantitative estimate of drug-likeness (QED) is 0.946. The van der Waals surface area contributed by atoms with Gasteiger partial charge in [0.25, 0.3) is 0 Å². The van der Waals surface area contributed by atoms with Gasteiger partial charge in [-0.05, 0) is 24.3 Å². The fraction of sp³-hybridized carbons (Fsp3) is 0.176. The van der Waals surface area contributed by atoms with E-state index in [4.69, 9.17) is 5.26 Å². The highest BCUT2D eigenvalue weighted by atomic mass is 32.2. The smallest absolute Gasteiger partial charge is 0.243 e. The molecule has 0 saturated carbocycles. The standard InChI is InChI=1S/C17H15N3OS/c18-11-13-5-1-2-6-14(13)19-17(21)12-20-9-10-22-16-8-4-3-7-15(16)20/h1-8H,9-10,12H2,(H,19,21). The number of carbonyl (C=O) groups is 1. The van der Waals surface area contributed by atoms with Crippen LogP contribution in [0.5, 0.6) is 0 Å². The maximum Gasteiger partial charge on any atom is 0.243 e. The molecule has 0 atom stereocenters. The van der Waals surface area contributed by atoms with Crippen molar-refractivity contribution < 1.29 is 4.79 Å². The molecule has 1 N–H and O–H groups in total. The molecule has 0 spiro atoms. The molecule has 0 aliphatic carbocycles. The van der Waals surface area contributed by atoms with E-state index >= 15 is 0 Å². The summed E-state index contributed by atoms with van der Waals surface area (Å²) in [5, 5.41) is 11.9. The van der Waals surface area contributed by atoms with Crippen LogP contribution < -0.4 is 10.2 Å². The molecular weight excluding hydrogens is 294 g/mol. The molecule has 3 rings (SSSR count). The number of para-hydroxylation sites is 2. The van der Waals surface area contributed by atoms with Crippen LogP contribution in [0.2, 0.25) is 0 Å². The summed E-state index contributed by atoms with van der Waals surface area (Å²) in [6.07, 6.45) is 0. The Bertz CT molecular complexity index is 739. The highest BCUT2D eigenvalue weighted by molar-refractivity contribution is 7.99. The average Bonchev–Trinajstić information content (AvgIpc) is 2.55. The third kappa shape index (κ3) is 3.07. The van der Waals surface area contributed by atoms with Gasteiger partial charge < -0.3 is 10.2 Å². The zero-order valence-electron chi connectivity index (χ0n) is 12.0. The molecule has 0 aromatic heterocycles. The van der Waals surface area contributed by atoms with Gasteiger partial charge in [0.2, 0.25) is 5.91 Å². The summed E-state index contributed by atoms with van der Waals surface area (Å²) in [6, 6.07) is 17.2. The number of nitrogens with one attached hydrogen (secondary N) is 1. The van der Waals surface area contributed by atoms with Crippen LogP contribution in [0.1, 0.15) is 5.56 Å². The molecule has 5 heteroatoms. The van der Waals surface area contributed by atoms with Crippen molar-refractivity contribution in [1.29, 1.82) is 5.26 Å². The normalized spacial score (nSPS) is 13.1. The van der Waals surface area contributed by atoms with E-state index in [1.54, 1.807) is 18.2 Å². The van der Waals surface area contributed by atoms with Crippen molar-refractivity contribution in [2.45, 2.75) is 4.90 Å². The topological polar surface area (TPSA) is 56.1 Å². The first-order chi connectivity index (χ1) is 10.8. The van der Waals surface area contributed by atoms with Crippen LogP contribution in [0.25, 0.3) is 0 Å². The molecule has 22 heavy (non-hydrogen) atoms. The number of rotatable bonds is 3. The maximum absolute atomic E-state index is 12.3. The SMILES string of the molecule is N#Cc1ccccc1NC(=O)CN1CCSc2ccccc21. The molecule has 0 unspecified atom stereocenters. The van der Waals surface area contributed by atoms with Gasteiger partial charge in [0.1, 0.15) is 6.07 Å². The van der Waals surface area contributed by atoms with Crippen molar-refractivity contribution in [1.82, 2.24) is 0 Å². The molecule has 0 saturated heterocycles. The van der Waals surface area contributed by atoms with Crippen molar-refractivity contribution in [3.05, 3.63) is 54.1 Å². The van der Waals surface area contributed by atoms with Gasteiger partial charge in [-0.2, -0.15) is 5.26 Å². The Kier molecular flexibility index (Phi) is 4.31. The number of anilines is 2. The summed E-state index contributed by atoms with van der Waals surface area (Å²) in [5.41, 5.74) is 2.14. The Morgan fingerprint density at radius 2 is 2.00 bits per heavy atom. The molecule has 4 nitrogen and oxygen atoms in total. The molecule has 1 amide bonds.